The van der Waals surface area contributed by atoms with Gasteiger partial charge in [0.1, 0.15) is 0 Å². The second kappa shape index (κ2) is 10.3. The Morgan fingerprint density at radius 1 is 1.14 bits per heavy atom. The van der Waals surface area contributed by atoms with Crippen molar-refractivity contribution in [1.29, 1.82) is 0 Å². The number of nitrogens with one attached hydrogen (secondary N) is 1. The first kappa shape index (κ1) is 16.9. The number of rotatable bonds is 10. The van der Waals surface area contributed by atoms with E-state index in [0.29, 0.717) is 0 Å². The summed E-state index contributed by atoms with van der Waals surface area (Å²) in [5.74, 6) is 2.33. The average Bonchev–Trinajstić information content (AvgIpc) is 3.05. The quantitative estimate of drug-likeness (QED) is 0.662. The molecule has 118 valence electrons. The van der Waals surface area contributed by atoms with E-state index in [-0.39, 0.29) is 0 Å². The maximum absolute atomic E-state index is 3.60. The van der Waals surface area contributed by atoms with Crippen molar-refractivity contribution in [1.82, 2.24) is 10.2 Å². The fourth-order valence-electron chi connectivity index (χ4n) is 3.12. The average molecular weight is 307 g/mol. The molecule has 0 aromatic heterocycles. The molecule has 0 amide bonds. The molecule has 1 saturated carbocycles. The first-order valence-electron chi connectivity index (χ1n) is 8.46. The maximum atomic E-state index is 3.60. The van der Waals surface area contributed by atoms with Gasteiger partial charge in [-0.1, -0.05) is 50.1 Å². The van der Waals surface area contributed by atoms with Crippen molar-refractivity contribution in [3.05, 3.63) is 35.9 Å². The van der Waals surface area contributed by atoms with E-state index in [0.717, 1.165) is 24.9 Å². The van der Waals surface area contributed by atoms with Crippen molar-refractivity contribution >= 4 is 11.8 Å². The molecular formula is C18H30N2S. The Kier molecular flexibility index (Phi) is 8.23. The van der Waals surface area contributed by atoms with Gasteiger partial charge in [0.05, 0.1) is 0 Å². The molecule has 1 fully saturated rings. The van der Waals surface area contributed by atoms with Crippen LogP contribution in [0.15, 0.2) is 30.3 Å². The summed E-state index contributed by atoms with van der Waals surface area (Å²) in [6.45, 7) is 6.98. The van der Waals surface area contributed by atoms with Crippen LogP contribution in [-0.2, 0) is 5.75 Å². The Labute approximate surface area is 134 Å². The molecular weight excluding hydrogens is 276 g/mol. The Bertz CT molecular complexity index is 363. The van der Waals surface area contributed by atoms with Crippen LogP contribution >= 0.6 is 11.8 Å². The molecule has 1 aliphatic rings. The highest BCUT2D eigenvalue weighted by Gasteiger charge is 2.20. The summed E-state index contributed by atoms with van der Waals surface area (Å²) in [6.07, 6.45) is 5.71. The van der Waals surface area contributed by atoms with Gasteiger partial charge in [-0.3, -0.25) is 4.90 Å². The lowest BCUT2D eigenvalue weighted by atomic mass is 10.2. The summed E-state index contributed by atoms with van der Waals surface area (Å²) >= 11 is 2.02. The molecule has 0 saturated heterocycles. The highest BCUT2D eigenvalue weighted by Crippen LogP contribution is 2.22. The lowest BCUT2D eigenvalue weighted by Gasteiger charge is -2.27. The van der Waals surface area contributed by atoms with Crippen LogP contribution in [0.1, 0.15) is 38.2 Å². The van der Waals surface area contributed by atoms with E-state index in [1.54, 1.807) is 0 Å². The Morgan fingerprint density at radius 3 is 2.62 bits per heavy atom. The first-order valence-corrected chi connectivity index (χ1v) is 9.62. The Balaban J connectivity index is 1.47. The van der Waals surface area contributed by atoms with E-state index >= 15 is 0 Å². The van der Waals surface area contributed by atoms with E-state index in [1.165, 1.54) is 50.1 Å². The molecule has 3 heteroatoms. The molecule has 0 atom stereocenters. The van der Waals surface area contributed by atoms with Gasteiger partial charge in [0, 0.05) is 37.2 Å². The molecule has 0 unspecified atom stereocenters. The number of benzene rings is 1. The van der Waals surface area contributed by atoms with Crippen molar-refractivity contribution in [3.63, 3.8) is 0 Å². The lowest BCUT2D eigenvalue weighted by molar-refractivity contribution is 0.210. The van der Waals surface area contributed by atoms with Gasteiger partial charge >= 0.3 is 0 Å². The highest BCUT2D eigenvalue weighted by atomic mass is 32.2. The Morgan fingerprint density at radius 2 is 1.90 bits per heavy atom. The summed E-state index contributed by atoms with van der Waals surface area (Å²) in [4.78, 5) is 2.66. The van der Waals surface area contributed by atoms with Crippen LogP contribution in [0.5, 0.6) is 0 Å². The van der Waals surface area contributed by atoms with Crippen molar-refractivity contribution in [2.24, 2.45) is 0 Å². The number of nitrogens with zero attached hydrogens (tertiary/aromatic N) is 1. The van der Waals surface area contributed by atoms with E-state index in [9.17, 15) is 0 Å². The SMILES string of the molecule is CCN(CCNCCSCc1ccccc1)C1CCCC1. The molecule has 1 aliphatic carbocycles. The zero-order chi connectivity index (χ0) is 14.8. The predicted octanol–water partition coefficient (Wildman–Crippen LogP) is 3.77. The highest BCUT2D eigenvalue weighted by molar-refractivity contribution is 7.98. The first-order chi connectivity index (χ1) is 10.4. The monoisotopic (exact) mass is 306 g/mol. The predicted molar refractivity (Wildman–Crippen MR) is 95.0 cm³/mol. The van der Waals surface area contributed by atoms with E-state index in [2.05, 4.69) is 47.5 Å². The van der Waals surface area contributed by atoms with E-state index in [1.807, 2.05) is 11.8 Å². The fraction of sp³-hybridized carbons (Fsp3) is 0.667. The smallest absolute Gasteiger partial charge is 0.0185 e. The number of thioether (sulfide) groups is 1. The standard InChI is InChI=1S/C18H30N2S/c1-2-20(18-10-6-7-11-18)14-12-19-13-15-21-16-17-8-4-3-5-9-17/h3-5,8-9,18-19H,2,6-7,10-16H2,1H3. The van der Waals surface area contributed by atoms with Crippen LogP contribution in [0.3, 0.4) is 0 Å². The van der Waals surface area contributed by atoms with Gasteiger partial charge in [0.2, 0.25) is 0 Å². The molecule has 21 heavy (non-hydrogen) atoms. The third-order valence-corrected chi connectivity index (χ3v) is 5.39. The molecule has 0 radical (unpaired) electrons. The lowest BCUT2D eigenvalue weighted by Crippen LogP contribution is -2.38. The van der Waals surface area contributed by atoms with E-state index in [4.69, 9.17) is 0 Å². The topological polar surface area (TPSA) is 15.3 Å². The molecule has 1 aromatic carbocycles. The minimum atomic E-state index is 0.865. The number of hydrogen-bond donors (Lipinski definition) is 1. The summed E-state index contributed by atoms with van der Waals surface area (Å²) in [6, 6.07) is 11.6. The largest absolute Gasteiger partial charge is 0.315 e. The van der Waals surface area contributed by atoms with Gasteiger partial charge in [-0.2, -0.15) is 11.8 Å². The molecule has 2 rings (SSSR count). The van der Waals surface area contributed by atoms with Gasteiger partial charge in [-0.05, 0) is 24.9 Å². The molecule has 0 aliphatic heterocycles. The minimum Gasteiger partial charge on any atom is -0.315 e. The third-order valence-electron chi connectivity index (χ3n) is 4.36. The second-order valence-corrected chi connectivity index (χ2v) is 6.96. The summed E-state index contributed by atoms with van der Waals surface area (Å²) < 4.78 is 0. The van der Waals surface area contributed by atoms with Gasteiger partial charge < -0.3 is 5.32 Å². The van der Waals surface area contributed by atoms with Crippen molar-refractivity contribution < 1.29 is 0 Å². The van der Waals surface area contributed by atoms with Crippen LogP contribution in [0.25, 0.3) is 0 Å². The van der Waals surface area contributed by atoms with Crippen LogP contribution in [0, 0.1) is 0 Å². The van der Waals surface area contributed by atoms with Crippen molar-refractivity contribution in [3.8, 4) is 0 Å². The molecule has 2 nitrogen and oxygen atoms in total. The second-order valence-electron chi connectivity index (χ2n) is 5.86. The zero-order valence-corrected chi connectivity index (χ0v) is 14.2. The van der Waals surface area contributed by atoms with E-state index < -0.39 is 0 Å². The molecule has 1 aromatic rings. The number of hydrogen-bond acceptors (Lipinski definition) is 3. The van der Waals surface area contributed by atoms with Crippen LogP contribution in [0.2, 0.25) is 0 Å². The molecule has 0 bridgehead atoms. The van der Waals surface area contributed by atoms with Gasteiger partial charge in [0.25, 0.3) is 0 Å². The summed E-state index contributed by atoms with van der Waals surface area (Å²) in [5, 5.41) is 3.60. The van der Waals surface area contributed by atoms with Crippen LogP contribution < -0.4 is 5.32 Å². The van der Waals surface area contributed by atoms with Crippen LogP contribution in [-0.4, -0.2) is 42.9 Å². The van der Waals surface area contributed by atoms with Gasteiger partial charge in [-0.25, -0.2) is 0 Å². The minimum absolute atomic E-state index is 0.865. The third kappa shape index (κ3) is 6.41. The molecule has 0 heterocycles. The normalized spacial score (nSPS) is 15.9. The maximum Gasteiger partial charge on any atom is 0.0185 e. The summed E-state index contributed by atoms with van der Waals surface area (Å²) in [5.41, 5.74) is 1.43. The molecule has 0 spiro atoms. The number of likely N-dealkylation sites (N-methyl/N-ethyl adjacent to an activating group) is 1. The van der Waals surface area contributed by atoms with Gasteiger partial charge in [-0.15, -0.1) is 0 Å². The van der Waals surface area contributed by atoms with Crippen molar-refractivity contribution in [2.45, 2.75) is 44.4 Å². The van der Waals surface area contributed by atoms with Crippen molar-refractivity contribution in [2.75, 3.05) is 31.9 Å². The van der Waals surface area contributed by atoms with Crippen LogP contribution in [0.4, 0.5) is 0 Å². The summed E-state index contributed by atoms with van der Waals surface area (Å²) in [7, 11) is 0. The zero-order valence-electron chi connectivity index (χ0n) is 13.4. The fourth-order valence-corrected chi connectivity index (χ4v) is 3.99. The Hall–Kier alpha value is -0.510. The molecule has 1 N–H and O–H groups in total. The van der Waals surface area contributed by atoms with Gasteiger partial charge in [0.15, 0.2) is 0 Å².